The van der Waals surface area contributed by atoms with Crippen LogP contribution in [0.25, 0.3) is 0 Å². The molecule has 1 aromatic heterocycles. The molecule has 1 heterocycles. The Morgan fingerprint density at radius 1 is 1.15 bits per heavy atom. The predicted molar refractivity (Wildman–Crippen MR) is 69.4 cm³/mol. The molecule has 106 valence electrons. The maximum absolute atomic E-state index is 13.0. The van der Waals surface area contributed by atoms with Crippen molar-refractivity contribution in [3.63, 3.8) is 0 Å². The van der Waals surface area contributed by atoms with Crippen molar-refractivity contribution >= 4 is 15.9 Å². The molecular weight excluding hydrogens is 340 g/mol. The third-order valence-electron chi connectivity index (χ3n) is 2.79. The zero-order valence-corrected chi connectivity index (χ0v) is 11.5. The second-order valence-corrected chi connectivity index (χ2v) is 4.96. The second kappa shape index (κ2) is 5.49. The largest absolute Gasteiger partial charge is 0.416 e. The van der Waals surface area contributed by atoms with Gasteiger partial charge in [0.25, 0.3) is 0 Å². The van der Waals surface area contributed by atoms with Crippen LogP contribution in [0.4, 0.5) is 17.6 Å². The molecule has 0 bridgehead atoms. The first-order valence-electron chi connectivity index (χ1n) is 5.52. The SMILES string of the molecule is NC(c1ccc(F)cc1Br)c1cnccc1C(F)(F)F. The molecule has 0 aliphatic rings. The Morgan fingerprint density at radius 3 is 2.45 bits per heavy atom. The number of nitrogens with zero attached hydrogens (tertiary/aromatic N) is 1. The van der Waals surface area contributed by atoms with Gasteiger partial charge in [0.2, 0.25) is 0 Å². The number of hydrogen-bond acceptors (Lipinski definition) is 2. The number of aromatic nitrogens is 1. The molecule has 1 unspecified atom stereocenters. The van der Waals surface area contributed by atoms with Gasteiger partial charge < -0.3 is 5.73 Å². The normalized spacial score (nSPS) is 13.3. The van der Waals surface area contributed by atoms with E-state index in [9.17, 15) is 17.6 Å². The third kappa shape index (κ3) is 2.99. The van der Waals surface area contributed by atoms with Crippen LogP contribution in [0.5, 0.6) is 0 Å². The van der Waals surface area contributed by atoms with Crippen molar-refractivity contribution in [1.29, 1.82) is 0 Å². The highest BCUT2D eigenvalue weighted by Crippen LogP contribution is 2.36. The van der Waals surface area contributed by atoms with E-state index in [1.165, 1.54) is 6.07 Å². The average molecular weight is 349 g/mol. The standard InChI is InChI=1S/C13H9BrF4N2/c14-11-5-7(15)1-2-8(11)12(19)9-6-20-4-3-10(9)13(16,17)18/h1-6,12H,19H2. The Balaban J connectivity index is 2.51. The van der Waals surface area contributed by atoms with Gasteiger partial charge in [0.15, 0.2) is 0 Å². The van der Waals surface area contributed by atoms with E-state index in [0.29, 0.717) is 10.0 Å². The van der Waals surface area contributed by atoms with Gasteiger partial charge in [-0.05, 0) is 23.8 Å². The van der Waals surface area contributed by atoms with Gasteiger partial charge in [-0.15, -0.1) is 0 Å². The summed E-state index contributed by atoms with van der Waals surface area (Å²) < 4.78 is 52.1. The van der Waals surface area contributed by atoms with Gasteiger partial charge in [-0.1, -0.05) is 22.0 Å². The van der Waals surface area contributed by atoms with Crippen LogP contribution < -0.4 is 5.73 Å². The van der Waals surface area contributed by atoms with Gasteiger partial charge in [-0.3, -0.25) is 4.98 Å². The van der Waals surface area contributed by atoms with E-state index in [4.69, 9.17) is 5.73 Å². The van der Waals surface area contributed by atoms with E-state index in [1.54, 1.807) is 0 Å². The van der Waals surface area contributed by atoms with E-state index in [2.05, 4.69) is 20.9 Å². The summed E-state index contributed by atoms with van der Waals surface area (Å²) in [6.07, 6.45) is -2.40. The maximum atomic E-state index is 13.0. The van der Waals surface area contributed by atoms with Gasteiger partial charge in [-0.2, -0.15) is 13.2 Å². The first-order valence-corrected chi connectivity index (χ1v) is 6.31. The lowest BCUT2D eigenvalue weighted by Crippen LogP contribution is -2.19. The molecule has 2 rings (SSSR count). The van der Waals surface area contributed by atoms with Crippen molar-refractivity contribution in [3.8, 4) is 0 Å². The number of pyridine rings is 1. The number of halogens is 5. The Kier molecular flexibility index (Phi) is 4.10. The summed E-state index contributed by atoms with van der Waals surface area (Å²) in [5.74, 6) is -0.505. The van der Waals surface area contributed by atoms with Crippen LogP contribution in [0.15, 0.2) is 41.1 Å². The summed E-state index contributed by atoms with van der Waals surface area (Å²) in [7, 11) is 0. The first kappa shape index (κ1) is 14.9. The maximum Gasteiger partial charge on any atom is 0.416 e. The van der Waals surface area contributed by atoms with Crippen molar-refractivity contribution in [2.24, 2.45) is 5.73 Å². The lowest BCUT2D eigenvalue weighted by molar-refractivity contribution is -0.138. The topological polar surface area (TPSA) is 38.9 Å². The van der Waals surface area contributed by atoms with Gasteiger partial charge in [-0.25, -0.2) is 4.39 Å². The molecule has 0 aliphatic heterocycles. The Labute approximate surface area is 120 Å². The van der Waals surface area contributed by atoms with Gasteiger partial charge in [0.05, 0.1) is 11.6 Å². The zero-order valence-electron chi connectivity index (χ0n) is 9.96. The lowest BCUT2D eigenvalue weighted by Gasteiger charge is -2.19. The Morgan fingerprint density at radius 2 is 1.85 bits per heavy atom. The number of alkyl halides is 3. The second-order valence-electron chi connectivity index (χ2n) is 4.10. The van der Waals surface area contributed by atoms with E-state index >= 15 is 0 Å². The quantitative estimate of drug-likeness (QED) is 0.831. The van der Waals surface area contributed by atoms with Crippen LogP contribution >= 0.6 is 15.9 Å². The summed E-state index contributed by atoms with van der Waals surface area (Å²) in [5.41, 5.74) is 5.21. The molecule has 20 heavy (non-hydrogen) atoms. The summed E-state index contributed by atoms with van der Waals surface area (Å²) in [4.78, 5) is 3.68. The number of rotatable bonds is 2. The van der Waals surface area contributed by atoms with Crippen molar-refractivity contribution < 1.29 is 17.6 Å². The van der Waals surface area contributed by atoms with Crippen LogP contribution in [-0.2, 0) is 6.18 Å². The third-order valence-corrected chi connectivity index (χ3v) is 3.48. The van der Waals surface area contributed by atoms with Crippen molar-refractivity contribution in [3.05, 3.63) is 63.6 Å². The fraction of sp³-hybridized carbons (Fsp3) is 0.154. The van der Waals surface area contributed by atoms with E-state index in [0.717, 1.165) is 30.6 Å². The first-order chi connectivity index (χ1) is 9.30. The molecule has 2 nitrogen and oxygen atoms in total. The fourth-order valence-corrected chi connectivity index (χ4v) is 2.43. The number of benzene rings is 1. The molecule has 0 spiro atoms. The summed E-state index contributed by atoms with van der Waals surface area (Å²) in [6, 6.07) is 3.45. The molecule has 2 N–H and O–H groups in total. The Bertz CT molecular complexity index is 628. The molecule has 0 amide bonds. The van der Waals surface area contributed by atoms with Crippen LogP contribution in [0.2, 0.25) is 0 Å². The van der Waals surface area contributed by atoms with Gasteiger partial charge in [0, 0.05) is 22.4 Å². The van der Waals surface area contributed by atoms with Crippen LogP contribution in [0.1, 0.15) is 22.7 Å². The van der Waals surface area contributed by atoms with Crippen LogP contribution in [0, 0.1) is 5.82 Å². The average Bonchev–Trinajstić information content (AvgIpc) is 2.37. The summed E-state index contributed by atoms with van der Waals surface area (Å²) in [6.45, 7) is 0. The molecule has 1 atom stereocenters. The minimum atomic E-state index is -4.53. The number of nitrogens with two attached hydrogens (primary N) is 1. The highest BCUT2D eigenvalue weighted by Gasteiger charge is 2.35. The minimum absolute atomic E-state index is 0.160. The summed E-state index contributed by atoms with van der Waals surface area (Å²) in [5, 5.41) is 0. The molecule has 0 saturated carbocycles. The highest BCUT2D eigenvalue weighted by molar-refractivity contribution is 9.10. The van der Waals surface area contributed by atoms with Gasteiger partial charge in [0.1, 0.15) is 5.82 Å². The summed E-state index contributed by atoms with van der Waals surface area (Å²) >= 11 is 3.10. The smallest absolute Gasteiger partial charge is 0.320 e. The molecule has 7 heteroatoms. The van der Waals surface area contributed by atoms with Crippen LogP contribution in [0.3, 0.4) is 0 Å². The molecular formula is C13H9BrF4N2. The fourth-order valence-electron chi connectivity index (χ4n) is 1.83. The molecule has 1 aromatic carbocycles. The van der Waals surface area contributed by atoms with Crippen molar-refractivity contribution in [2.45, 2.75) is 12.2 Å². The van der Waals surface area contributed by atoms with Crippen molar-refractivity contribution in [2.75, 3.05) is 0 Å². The van der Waals surface area contributed by atoms with Gasteiger partial charge >= 0.3 is 6.18 Å². The number of hydrogen-bond donors (Lipinski definition) is 1. The molecule has 2 aromatic rings. The van der Waals surface area contributed by atoms with E-state index < -0.39 is 23.6 Å². The highest BCUT2D eigenvalue weighted by atomic mass is 79.9. The Hall–Kier alpha value is -1.47. The van der Waals surface area contributed by atoms with Crippen LogP contribution in [-0.4, -0.2) is 4.98 Å². The molecule has 0 saturated heterocycles. The molecule has 0 radical (unpaired) electrons. The predicted octanol–water partition coefficient (Wildman–Crippen LogP) is 4.05. The zero-order chi connectivity index (χ0) is 14.9. The lowest BCUT2D eigenvalue weighted by atomic mass is 9.96. The minimum Gasteiger partial charge on any atom is -0.320 e. The monoisotopic (exact) mass is 348 g/mol. The molecule has 0 fully saturated rings. The van der Waals surface area contributed by atoms with E-state index in [1.807, 2.05) is 0 Å². The van der Waals surface area contributed by atoms with Crippen molar-refractivity contribution in [1.82, 2.24) is 4.98 Å². The van der Waals surface area contributed by atoms with E-state index in [-0.39, 0.29) is 5.56 Å². The molecule has 0 aliphatic carbocycles.